The summed E-state index contributed by atoms with van der Waals surface area (Å²) in [6.07, 6.45) is 1.98. The lowest BCUT2D eigenvalue weighted by Crippen LogP contribution is -2.21. The zero-order valence-electron chi connectivity index (χ0n) is 9.33. The molecule has 0 aliphatic rings. The van der Waals surface area contributed by atoms with E-state index < -0.39 is 0 Å². The van der Waals surface area contributed by atoms with Gasteiger partial charge in [-0.25, -0.2) is 0 Å². The molecule has 0 saturated heterocycles. The predicted molar refractivity (Wildman–Crippen MR) is 76.1 cm³/mol. The lowest BCUT2D eigenvalue weighted by Gasteiger charge is -2.20. The van der Waals surface area contributed by atoms with Gasteiger partial charge in [0.2, 0.25) is 0 Å². The molecule has 5 heteroatoms. The van der Waals surface area contributed by atoms with Gasteiger partial charge in [0.05, 0.1) is 5.69 Å². The van der Waals surface area contributed by atoms with Crippen molar-refractivity contribution < 1.29 is 0 Å². The quantitative estimate of drug-likeness (QED) is 0.506. The van der Waals surface area contributed by atoms with Gasteiger partial charge in [-0.15, -0.1) is 18.5 Å². The molecule has 0 radical (unpaired) electrons. The molecule has 0 aliphatic carbocycles. The van der Waals surface area contributed by atoms with Crippen molar-refractivity contribution in [3.8, 4) is 0 Å². The van der Waals surface area contributed by atoms with Crippen LogP contribution in [0.25, 0.3) is 0 Å². The van der Waals surface area contributed by atoms with Gasteiger partial charge in [0.25, 0.3) is 0 Å². The molecule has 0 amide bonds. The summed E-state index contributed by atoms with van der Waals surface area (Å²) in [7, 11) is 9.97. The predicted octanol–water partition coefficient (Wildman–Crippen LogP) is -0.0430. The normalized spacial score (nSPS) is 12.1. The highest BCUT2D eigenvalue weighted by molar-refractivity contribution is 7.27. The lowest BCUT2D eigenvalue weighted by molar-refractivity contribution is 0.828. The number of rotatable bonds is 2. The van der Waals surface area contributed by atoms with Gasteiger partial charge in [-0.2, -0.15) is 0 Å². The molecule has 0 bridgehead atoms. The van der Waals surface area contributed by atoms with Crippen molar-refractivity contribution in [1.82, 2.24) is 4.98 Å². The van der Waals surface area contributed by atoms with E-state index in [1.54, 1.807) is 0 Å². The van der Waals surface area contributed by atoms with Gasteiger partial charge in [-0.05, 0) is 27.8 Å². The van der Waals surface area contributed by atoms with E-state index >= 15 is 0 Å². The first kappa shape index (κ1) is 12.2. The zero-order chi connectivity index (χ0) is 10.9. The first-order valence-electron chi connectivity index (χ1n) is 4.87. The number of aromatic nitrogens is 1. The Hall–Kier alpha value is 0.140. The number of hydrogen-bond donors (Lipinski definition) is 0. The van der Waals surface area contributed by atoms with Crippen LogP contribution >= 0.6 is 18.5 Å². The van der Waals surface area contributed by atoms with E-state index in [0.29, 0.717) is 5.92 Å². The fraction of sp³-hybridized carbons (Fsp3) is 0.444. The van der Waals surface area contributed by atoms with Crippen LogP contribution in [0, 0.1) is 0 Å². The maximum Gasteiger partial charge on any atom is 0.109 e. The molecule has 0 aromatic carbocycles. The molecule has 14 heavy (non-hydrogen) atoms. The smallest absolute Gasteiger partial charge is 0.109 e. The van der Waals surface area contributed by atoms with Gasteiger partial charge in [-0.1, -0.05) is 13.8 Å². The van der Waals surface area contributed by atoms with E-state index in [9.17, 15) is 0 Å². The highest BCUT2D eigenvalue weighted by Gasteiger charge is 2.16. The van der Waals surface area contributed by atoms with Gasteiger partial charge in [0.15, 0.2) is 0 Å². The average molecular weight is 223 g/mol. The molecule has 1 nitrogen and oxygen atoms in total. The van der Waals surface area contributed by atoms with Crippen LogP contribution in [0.3, 0.4) is 0 Å². The van der Waals surface area contributed by atoms with E-state index in [1.165, 1.54) is 16.6 Å². The van der Waals surface area contributed by atoms with Crippen LogP contribution in [-0.2, 0) is 4.95 Å². The Kier molecular flexibility index (Phi) is 3.78. The summed E-state index contributed by atoms with van der Waals surface area (Å²) < 4.78 is 0. The average Bonchev–Trinajstić information content (AvgIpc) is 2.01. The van der Waals surface area contributed by atoms with Crippen molar-refractivity contribution in [2.75, 3.05) is 0 Å². The van der Waals surface area contributed by atoms with Gasteiger partial charge in [0, 0.05) is 6.20 Å². The van der Waals surface area contributed by atoms with Crippen LogP contribution in [0.15, 0.2) is 12.3 Å². The van der Waals surface area contributed by atoms with E-state index in [4.69, 9.17) is 0 Å². The van der Waals surface area contributed by atoms with Gasteiger partial charge < -0.3 is 0 Å². The Labute approximate surface area is 93.1 Å². The Morgan fingerprint density at radius 2 is 2.00 bits per heavy atom. The van der Waals surface area contributed by atoms with Crippen LogP contribution in [0.5, 0.6) is 0 Å². The lowest BCUT2D eigenvalue weighted by atomic mass is 9.65. The first-order valence-corrected chi connectivity index (χ1v) is 6.02. The van der Waals surface area contributed by atoms with Crippen molar-refractivity contribution in [1.29, 1.82) is 0 Å². The van der Waals surface area contributed by atoms with E-state index in [2.05, 4.69) is 59.1 Å². The summed E-state index contributed by atoms with van der Waals surface area (Å²) >= 11 is 0. The molecule has 2 atom stereocenters. The summed E-state index contributed by atoms with van der Waals surface area (Å²) in [6.45, 7) is 4.34. The highest BCUT2D eigenvalue weighted by atomic mass is 31.0. The maximum absolute atomic E-state index is 4.51. The second-order valence-corrected chi connectivity index (χ2v) is 6.64. The van der Waals surface area contributed by atoms with Crippen molar-refractivity contribution in [3.05, 3.63) is 23.5 Å². The van der Waals surface area contributed by atoms with Crippen LogP contribution in [0.2, 0.25) is 0 Å². The summed E-state index contributed by atoms with van der Waals surface area (Å²) in [5, 5.41) is 1.22. The number of hydrogen-bond acceptors (Lipinski definition) is 1. The molecule has 0 aliphatic heterocycles. The SMILES string of the molecule is BC(B)(P)c1cnc(C(C)C)c(P)c1. The topological polar surface area (TPSA) is 12.9 Å². The van der Waals surface area contributed by atoms with E-state index in [1.807, 2.05) is 6.20 Å². The van der Waals surface area contributed by atoms with Crippen molar-refractivity contribution in [2.45, 2.75) is 24.7 Å². The minimum Gasteiger partial charge on any atom is -0.260 e. The van der Waals surface area contributed by atoms with Crippen molar-refractivity contribution in [3.63, 3.8) is 0 Å². The fourth-order valence-corrected chi connectivity index (χ4v) is 2.07. The zero-order valence-corrected chi connectivity index (χ0v) is 11.6. The van der Waals surface area contributed by atoms with E-state index in [0.717, 1.165) is 0 Å². The Balaban J connectivity index is 3.13. The maximum atomic E-state index is 4.51. The third-order valence-electron chi connectivity index (χ3n) is 2.24. The largest absolute Gasteiger partial charge is 0.260 e. The molecular weight excluding hydrogens is 206 g/mol. The minimum atomic E-state index is 0.105. The summed E-state index contributed by atoms with van der Waals surface area (Å²) in [4.78, 5) is 4.62. The molecule has 0 fully saturated rings. The second kappa shape index (κ2) is 4.33. The molecule has 2 unspecified atom stereocenters. The molecular formula is C9H17B2NP2. The molecule has 1 rings (SSSR count). The Bertz CT molecular complexity index is 334. The van der Waals surface area contributed by atoms with E-state index in [-0.39, 0.29) is 4.95 Å². The fourth-order valence-electron chi connectivity index (χ4n) is 1.33. The number of pyridine rings is 1. The van der Waals surface area contributed by atoms with Gasteiger partial charge >= 0.3 is 0 Å². The monoisotopic (exact) mass is 223 g/mol. The summed E-state index contributed by atoms with van der Waals surface area (Å²) in [6, 6.07) is 2.21. The third-order valence-corrected chi connectivity index (χ3v) is 3.04. The minimum absolute atomic E-state index is 0.105. The summed E-state index contributed by atoms with van der Waals surface area (Å²) in [5.41, 5.74) is 2.44. The second-order valence-electron chi connectivity index (χ2n) is 4.57. The van der Waals surface area contributed by atoms with Crippen LogP contribution in [-0.4, -0.2) is 20.7 Å². The highest BCUT2D eigenvalue weighted by Crippen LogP contribution is 2.24. The van der Waals surface area contributed by atoms with Crippen LogP contribution in [0.1, 0.15) is 31.0 Å². The molecule has 1 aromatic heterocycles. The first-order chi connectivity index (χ1) is 6.32. The van der Waals surface area contributed by atoms with Gasteiger partial charge in [-0.3, -0.25) is 4.98 Å². The molecule has 0 spiro atoms. The molecule has 1 heterocycles. The molecule has 74 valence electrons. The Morgan fingerprint density at radius 3 is 2.36 bits per heavy atom. The molecule has 0 N–H and O–H groups in total. The summed E-state index contributed by atoms with van der Waals surface area (Å²) in [5.74, 6) is 0.490. The standard InChI is InChI=1S/C9H17B2NP2/c1-5(2)8-7(13)3-6(4-12-8)9(10,11)14/h3-5H,10-11,13-14H2,1-2H3. The van der Waals surface area contributed by atoms with Crippen LogP contribution < -0.4 is 5.30 Å². The van der Waals surface area contributed by atoms with Crippen molar-refractivity contribution in [2.24, 2.45) is 0 Å². The third kappa shape index (κ3) is 2.81. The number of nitrogens with zero attached hydrogens (tertiary/aromatic N) is 1. The Morgan fingerprint density at radius 1 is 1.43 bits per heavy atom. The molecule has 1 aromatic rings. The molecule has 0 saturated carbocycles. The van der Waals surface area contributed by atoms with Crippen molar-refractivity contribution >= 4 is 39.5 Å². The van der Waals surface area contributed by atoms with Gasteiger partial charge in [0.1, 0.15) is 15.7 Å². The van der Waals surface area contributed by atoms with Crippen LogP contribution in [0.4, 0.5) is 0 Å².